The highest BCUT2D eigenvalue weighted by Crippen LogP contribution is 2.31. The number of piperidine rings is 1. The van der Waals surface area contributed by atoms with Crippen LogP contribution in [0.3, 0.4) is 0 Å². The van der Waals surface area contributed by atoms with Gasteiger partial charge in [-0.15, -0.1) is 0 Å². The number of hydrogen-bond donors (Lipinski definition) is 2. The third kappa shape index (κ3) is 6.08. The van der Waals surface area contributed by atoms with E-state index in [1.165, 1.54) is 31.2 Å². The summed E-state index contributed by atoms with van der Waals surface area (Å²) in [6, 6.07) is 14.0. The first-order valence-electron chi connectivity index (χ1n) is 11.8. The van der Waals surface area contributed by atoms with E-state index in [0.29, 0.717) is 35.8 Å². The van der Waals surface area contributed by atoms with Gasteiger partial charge >= 0.3 is 0 Å². The number of aliphatic hydroxyl groups excluding tert-OH is 1. The molecule has 1 aliphatic heterocycles. The zero-order valence-electron chi connectivity index (χ0n) is 19.0. The first kappa shape index (κ1) is 22.7. The van der Waals surface area contributed by atoms with Gasteiger partial charge in [0.2, 0.25) is 0 Å². The summed E-state index contributed by atoms with van der Waals surface area (Å²) >= 11 is 0. The van der Waals surface area contributed by atoms with Crippen molar-refractivity contribution >= 4 is 5.69 Å². The minimum Gasteiger partial charge on any atom is -0.493 e. The molecule has 0 spiro atoms. The highest BCUT2D eigenvalue weighted by molar-refractivity contribution is 5.51. The van der Waals surface area contributed by atoms with Crippen LogP contribution in [0, 0.1) is 0 Å². The third-order valence-corrected chi connectivity index (χ3v) is 6.63. The Kier molecular flexibility index (Phi) is 7.76. The topological polar surface area (TPSA) is 77.2 Å². The fourth-order valence-corrected chi connectivity index (χ4v) is 4.81. The summed E-state index contributed by atoms with van der Waals surface area (Å²) in [5, 5.41) is 10.5. The van der Waals surface area contributed by atoms with Crippen molar-refractivity contribution in [3.05, 3.63) is 48.0 Å². The molecule has 0 unspecified atom stereocenters. The molecule has 174 valence electrons. The molecule has 6 nitrogen and oxygen atoms in total. The Hall–Kier alpha value is -2.44. The van der Waals surface area contributed by atoms with Crippen molar-refractivity contribution in [2.75, 3.05) is 39.1 Å². The first-order chi connectivity index (χ1) is 15.6. The van der Waals surface area contributed by atoms with Crippen LogP contribution in [0.2, 0.25) is 0 Å². The van der Waals surface area contributed by atoms with E-state index in [-0.39, 0.29) is 6.61 Å². The molecule has 1 saturated carbocycles. The standard InChI is InChI=1S/C26H36N2O4/c1-30-25-11-8-21(27)16-26(25)31-18-22(29)17-28-14-12-20(13-15-28)19-6-9-24(10-7-19)32-23-4-2-3-5-23/h6-11,16,20,22-23,29H,2-5,12-15,17-18,27H2,1H3/t22-/m0/s1. The number of methoxy groups -OCH3 is 1. The molecule has 2 fully saturated rings. The fourth-order valence-electron chi connectivity index (χ4n) is 4.81. The summed E-state index contributed by atoms with van der Waals surface area (Å²) in [6.45, 7) is 2.76. The molecule has 2 aromatic carbocycles. The molecule has 0 amide bonds. The Labute approximate surface area is 191 Å². The molecular formula is C26H36N2O4. The van der Waals surface area contributed by atoms with Gasteiger partial charge in [0.1, 0.15) is 18.5 Å². The summed E-state index contributed by atoms with van der Waals surface area (Å²) in [7, 11) is 1.59. The van der Waals surface area contributed by atoms with Gasteiger partial charge < -0.3 is 30.0 Å². The Morgan fingerprint density at radius 2 is 1.72 bits per heavy atom. The van der Waals surface area contributed by atoms with E-state index in [1.54, 1.807) is 25.3 Å². The lowest BCUT2D eigenvalue weighted by molar-refractivity contribution is 0.0586. The molecule has 1 aliphatic carbocycles. The van der Waals surface area contributed by atoms with Gasteiger partial charge in [0.15, 0.2) is 11.5 Å². The number of likely N-dealkylation sites (tertiary alicyclic amines) is 1. The van der Waals surface area contributed by atoms with Crippen molar-refractivity contribution in [2.24, 2.45) is 0 Å². The number of anilines is 1. The Balaban J connectivity index is 1.20. The van der Waals surface area contributed by atoms with Gasteiger partial charge in [0, 0.05) is 18.3 Å². The molecule has 0 bridgehead atoms. The van der Waals surface area contributed by atoms with Gasteiger partial charge in [0.25, 0.3) is 0 Å². The monoisotopic (exact) mass is 440 g/mol. The lowest BCUT2D eigenvalue weighted by atomic mass is 9.89. The van der Waals surface area contributed by atoms with E-state index in [0.717, 1.165) is 31.7 Å². The summed E-state index contributed by atoms with van der Waals surface area (Å²) in [4.78, 5) is 2.32. The van der Waals surface area contributed by atoms with E-state index in [4.69, 9.17) is 19.9 Å². The average Bonchev–Trinajstić information content (AvgIpc) is 3.32. The van der Waals surface area contributed by atoms with Gasteiger partial charge in [-0.2, -0.15) is 0 Å². The summed E-state index contributed by atoms with van der Waals surface area (Å²) in [5.41, 5.74) is 7.83. The number of rotatable bonds is 9. The molecule has 32 heavy (non-hydrogen) atoms. The first-order valence-corrected chi connectivity index (χ1v) is 11.8. The van der Waals surface area contributed by atoms with Crippen LogP contribution in [0.5, 0.6) is 17.2 Å². The van der Waals surface area contributed by atoms with Crippen LogP contribution in [-0.4, -0.2) is 55.6 Å². The van der Waals surface area contributed by atoms with Crippen molar-refractivity contribution in [3.8, 4) is 17.2 Å². The third-order valence-electron chi connectivity index (χ3n) is 6.63. The lowest BCUT2D eigenvalue weighted by Gasteiger charge is -2.33. The van der Waals surface area contributed by atoms with Crippen molar-refractivity contribution < 1.29 is 19.3 Å². The molecule has 1 heterocycles. The lowest BCUT2D eigenvalue weighted by Crippen LogP contribution is -2.40. The SMILES string of the molecule is COc1ccc(N)cc1OC[C@@H](O)CN1CCC(c2ccc(OC3CCCC3)cc2)CC1. The number of ether oxygens (including phenoxy) is 3. The predicted molar refractivity (Wildman–Crippen MR) is 127 cm³/mol. The molecule has 3 N–H and O–H groups in total. The Bertz CT molecular complexity index is 843. The average molecular weight is 441 g/mol. The molecule has 4 rings (SSSR count). The van der Waals surface area contributed by atoms with E-state index in [2.05, 4.69) is 29.2 Å². The van der Waals surface area contributed by atoms with Crippen LogP contribution in [0.1, 0.15) is 50.0 Å². The largest absolute Gasteiger partial charge is 0.493 e. The van der Waals surface area contributed by atoms with Crippen LogP contribution >= 0.6 is 0 Å². The van der Waals surface area contributed by atoms with Gasteiger partial charge in [-0.05, 0) is 87.4 Å². The number of nitrogen functional groups attached to an aromatic ring is 1. The Morgan fingerprint density at radius 1 is 1.00 bits per heavy atom. The van der Waals surface area contributed by atoms with Crippen LogP contribution in [0.4, 0.5) is 5.69 Å². The number of nitrogens with two attached hydrogens (primary N) is 1. The molecule has 1 atom stereocenters. The molecule has 6 heteroatoms. The summed E-state index contributed by atoms with van der Waals surface area (Å²) in [6.07, 6.45) is 6.98. The maximum Gasteiger partial charge on any atom is 0.163 e. The summed E-state index contributed by atoms with van der Waals surface area (Å²) in [5.74, 6) is 2.74. The van der Waals surface area contributed by atoms with Gasteiger partial charge in [-0.25, -0.2) is 0 Å². The van der Waals surface area contributed by atoms with Gasteiger partial charge in [0.05, 0.1) is 13.2 Å². The van der Waals surface area contributed by atoms with Crippen molar-refractivity contribution in [2.45, 2.75) is 56.7 Å². The normalized spacial score (nSPS) is 19.1. The maximum absolute atomic E-state index is 10.5. The van der Waals surface area contributed by atoms with Crippen LogP contribution in [0.25, 0.3) is 0 Å². The predicted octanol–water partition coefficient (Wildman–Crippen LogP) is 4.22. The molecular weight excluding hydrogens is 404 g/mol. The van der Waals surface area contributed by atoms with Crippen LogP contribution in [-0.2, 0) is 0 Å². The number of nitrogens with zero attached hydrogens (tertiary/aromatic N) is 1. The molecule has 0 radical (unpaired) electrons. The smallest absolute Gasteiger partial charge is 0.163 e. The highest BCUT2D eigenvalue weighted by atomic mass is 16.5. The van der Waals surface area contributed by atoms with Crippen LogP contribution < -0.4 is 19.9 Å². The number of hydrogen-bond acceptors (Lipinski definition) is 6. The highest BCUT2D eigenvalue weighted by Gasteiger charge is 2.23. The summed E-state index contributed by atoms with van der Waals surface area (Å²) < 4.78 is 17.2. The number of β-amino-alcohol motifs (C(OH)–C–C–N with tert-alkyl or cyclic N) is 1. The Morgan fingerprint density at radius 3 is 2.41 bits per heavy atom. The van der Waals surface area contributed by atoms with Crippen molar-refractivity contribution in [3.63, 3.8) is 0 Å². The fraction of sp³-hybridized carbons (Fsp3) is 0.538. The molecule has 1 saturated heterocycles. The number of aliphatic hydroxyl groups is 1. The molecule has 2 aromatic rings. The maximum atomic E-state index is 10.5. The second-order valence-electron chi connectivity index (χ2n) is 9.04. The van der Waals surface area contributed by atoms with E-state index >= 15 is 0 Å². The molecule has 2 aliphatic rings. The van der Waals surface area contributed by atoms with E-state index in [1.807, 2.05) is 0 Å². The second-order valence-corrected chi connectivity index (χ2v) is 9.04. The minimum absolute atomic E-state index is 0.211. The van der Waals surface area contributed by atoms with Crippen LogP contribution in [0.15, 0.2) is 42.5 Å². The number of benzene rings is 2. The zero-order chi connectivity index (χ0) is 22.3. The van der Waals surface area contributed by atoms with Crippen molar-refractivity contribution in [1.29, 1.82) is 0 Å². The second kappa shape index (κ2) is 10.9. The van der Waals surface area contributed by atoms with Gasteiger partial charge in [-0.3, -0.25) is 0 Å². The van der Waals surface area contributed by atoms with E-state index < -0.39 is 6.10 Å². The van der Waals surface area contributed by atoms with Crippen molar-refractivity contribution in [1.82, 2.24) is 4.90 Å². The minimum atomic E-state index is -0.565. The quantitative estimate of drug-likeness (QED) is 0.569. The molecule has 0 aromatic heterocycles. The zero-order valence-corrected chi connectivity index (χ0v) is 19.0. The van der Waals surface area contributed by atoms with E-state index in [9.17, 15) is 5.11 Å². The van der Waals surface area contributed by atoms with Gasteiger partial charge in [-0.1, -0.05) is 12.1 Å².